The van der Waals surface area contributed by atoms with Gasteiger partial charge in [-0.2, -0.15) is 0 Å². The number of ether oxygens (including phenoxy) is 1. The molecule has 2 N–H and O–H groups in total. The summed E-state index contributed by atoms with van der Waals surface area (Å²) in [5.74, 6) is -0.276. The normalized spacial score (nSPS) is 14.2. The van der Waals surface area contributed by atoms with Crippen LogP contribution in [0.3, 0.4) is 0 Å². The number of nitrogens with zero attached hydrogens (tertiary/aromatic N) is 1. The van der Waals surface area contributed by atoms with Crippen LogP contribution >= 0.6 is 11.3 Å². The lowest BCUT2D eigenvalue weighted by Crippen LogP contribution is -2.06. The van der Waals surface area contributed by atoms with Crippen LogP contribution in [0.1, 0.15) is 41.4 Å². The van der Waals surface area contributed by atoms with E-state index in [-0.39, 0.29) is 5.97 Å². The summed E-state index contributed by atoms with van der Waals surface area (Å²) in [4.78, 5) is 19.9. The Balaban J connectivity index is 1.89. The van der Waals surface area contributed by atoms with E-state index in [2.05, 4.69) is 15.3 Å². The third kappa shape index (κ3) is 2.81. The third-order valence-electron chi connectivity index (χ3n) is 3.58. The predicted octanol–water partition coefficient (Wildman–Crippen LogP) is 3.51. The fraction of sp³-hybridized carbons (Fsp3) is 0.467. The Hall–Kier alpha value is -1.82. The number of hydrogen-bond acceptors (Lipinski definition) is 5. The van der Waals surface area contributed by atoms with Gasteiger partial charge < -0.3 is 15.0 Å². The molecule has 21 heavy (non-hydrogen) atoms. The number of aryl methyl sites for hydroxylation is 1. The van der Waals surface area contributed by atoms with E-state index in [0.29, 0.717) is 18.2 Å². The number of hydrogen-bond donors (Lipinski definition) is 2. The van der Waals surface area contributed by atoms with Gasteiger partial charge in [-0.15, -0.1) is 11.3 Å². The predicted molar refractivity (Wildman–Crippen MR) is 84.0 cm³/mol. The van der Waals surface area contributed by atoms with E-state index >= 15 is 0 Å². The van der Waals surface area contributed by atoms with Crippen molar-refractivity contribution >= 4 is 22.4 Å². The number of H-pyrrole nitrogens is 1. The summed E-state index contributed by atoms with van der Waals surface area (Å²) >= 11 is 1.60. The van der Waals surface area contributed by atoms with Gasteiger partial charge in [0.1, 0.15) is 5.69 Å². The number of thiazole rings is 1. The number of aromatic nitrogens is 2. The monoisotopic (exact) mass is 305 g/mol. The molecule has 2 aromatic rings. The van der Waals surface area contributed by atoms with E-state index in [1.54, 1.807) is 11.3 Å². The standard InChI is InChI=1S/C15H19N3O2S/c1-4-20-14(19)12-8(2)13(16-9(12)3)11-7-21-15(18-11)17-10-5-6-10/h7,10,16H,4-6H2,1-3H3,(H,17,18). The number of anilines is 1. The Morgan fingerprint density at radius 3 is 2.95 bits per heavy atom. The Kier molecular flexibility index (Phi) is 3.71. The lowest BCUT2D eigenvalue weighted by atomic mass is 10.1. The van der Waals surface area contributed by atoms with Crippen molar-refractivity contribution in [2.24, 2.45) is 0 Å². The molecule has 1 saturated carbocycles. The van der Waals surface area contributed by atoms with Gasteiger partial charge >= 0.3 is 5.97 Å². The average Bonchev–Trinajstić information content (AvgIpc) is 3.03. The molecule has 6 heteroatoms. The minimum atomic E-state index is -0.276. The Bertz CT molecular complexity index is 671. The second-order valence-corrected chi connectivity index (χ2v) is 6.16. The summed E-state index contributed by atoms with van der Waals surface area (Å²) in [5, 5.41) is 6.35. The molecule has 5 nitrogen and oxygen atoms in total. The number of esters is 1. The molecular weight excluding hydrogens is 286 g/mol. The summed E-state index contributed by atoms with van der Waals surface area (Å²) < 4.78 is 5.12. The number of carbonyl (C=O) groups is 1. The van der Waals surface area contributed by atoms with Gasteiger partial charge in [-0.05, 0) is 39.2 Å². The molecule has 0 amide bonds. The third-order valence-corrected chi connectivity index (χ3v) is 4.36. The molecular formula is C15H19N3O2S. The van der Waals surface area contributed by atoms with Gasteiger partial charge in [0.2, 0.25) is 0 Å². The molecule has 0 saturated heterocycles. The SMILES string of the molecule is CCOC(=O)c1c(C)[nH]c(-c2csc(NC3CC3)n2)c1C. The first-order valence-electron chi connectivity index (χ1n) is 7.18. The summed E-state index contributed by atoms with van der Waals surface area (Å²) in [6.45, 7) is 6.01. The maximum absolute atomic E-state index is 12.0. The van der Waals surface area contributed by atoms with E-state index in [1.807, 2.05) is 26.2 Å². The van der Waals surface area contributed by atoms with E-state index in [1.165, 1.54) is 12.8 Å². The van der Waals surface area contributed by atoms with Crippen LogP contribution in [0, 0.1) is 13.8 Å². The van der Waals surface area contributed by atoms with Crippen LogP contribution in [0.4, 0.5) is 5.13 Å². The number of aromatic amines is 1. The van der Waals surface area contributed by atoms with Gasteiger partial charge in [0.05, 0.1) is 17.9 Å². The summed E-state index contributed by atoms with van der Waals surface area (Å²) in [7, 11) is 0. The zero-order chi connectivity index (χ0) is 15.0. The second-order valence-electron chi connectivity index (χ2n) is 5.30. The number of rotatable bonds is 5. The van der Waals surface area contributed by atoms with Gasteiger partial charge in [0.15, 0.2) is 5.13 Å². The van der Waals surface area contributed by atoms with E-state index < -0.39 is 0 Å². The van der Waals surface area contributed by atoms with Crippen molar-refractivity contribution in [3.8, 4) is 11.4 Å². The minimum Gasteiger partial charge on any atom is -0.462 e. The van der Waals surface area contributed by atoms with Gasteiger partial charge in [0.25, 0.3) is 0 Å². The number of nitrogens with one attached hydrogen (secondary N) is 2. The van der Waals surface area contributed by atoms with Crippen molar-refractivity contribution in [2.75, 3.05) is 11.9 Å². The first-order valence-corrected chi connectivity index (χ1v) is 8.06. The summed E-state index contributed by atoms with van der Waals surface area (Å²) in [5.41, 5.74) is 4.12. The highest BCUT2D eigenvalue weighted by molar-refractivity contribution is 7.14. The number of carbonyl (C=O) groups excluding carboxylic acids is 1. The molecule has 2 heterocycles. The molecule has 0 atom stereocenters. The molecule has 0 radical (unpaired) electrons. The maximum Gasteiger partial charge on any atom is 0.340 e. The lowest BCUT2D eigenvalue weighted by molar-refractivity contribution is 0.0525. The van der Waals surface area contributed by atoms with Gasteiger partial charge in [-0.3, -0.25) is 0 Å². The smallest absolute Gasteiger partial charge is 0.340 e. The molecule has 1 fully saturated rings. The summed E-state index contributed by atoms with van der Waals surface area (Å²) in [6, 6.07) is 0.588. The highest BCUT2D eigenvalue weighted by atomic mass is 32.1. The highest BCUT2D eigenvalue weighted by Gasteiger charge is 2.24. The van der Waals surface area contributed by atoms with Crippen LogP contribution in [0.2, 0.25) is 0 Å². The van der Waals surface area contributed by atoms with E-state index in [4.69, 9.17) is 4.74 Å². The topological polar surface area (TPSA) is 67.0 Å². The van der Waals surface area contributed by atoms with Crippen LogP contribution in [-0.4, -0.2) is 28.6 Å². The molecule has 0 aliphatic heterocycles. The molecule has 3 rings (SSSR count). The van der Waals surface area contributed by atoms with Crippen molar-refractivity contribution in [2.45, 2.75) is 39.7 Å². The van der Waals surface area contributed by atoms with Gasteiger partial charge in [-0.25, -0.2) is 9.78 Å². The molecule has 0 spiro atoms. The first kappa shape index (κ1) is 14.1. The molecule has 0 bridgehead atoms. The summed E-state index contributed by atoms with van der Waals surface area (Å²) in [6.07, 6.45) is 2.45. The molecule has 112 valence electrons. The van der Waals surface area contributed by atoms with E-state index in [0.717, 1.165) is 27.8 Å². The highest BCUT2D eigenvalue weighted by Crippen LogP contribution is 2.32. The molecule has 1 aliphatic rings. The van der Waals surface area contributed by atoms with Crippen LogP contribution in [0.15, 0.2) is 5.38 Å². The van der Waals surface area contributed by atoms with Crippen molar-refractivity contribution in [3.05, 3.63) is 22.2 Å². The Morgan fingerprint density at radius 2 is 2.29 bits per heavy atom. The first-order chi connectivity index (χ1) is 10.1. The van der Waals surface area contributed by atoms with Crippen molar-refractivity contribution in [1.29, 1.82) is 0 Å². The van der Waals surface area contributed by atoms with Crippen LogP contribution in [0.5, 0.6) is 0 Å². The van der Waals surface area contributed by atoms with Gasteiger partial charge in [-0.1, -0.05) is 0 Å². The second kappa shape index (κ2) is 5.52. The average molecular weight is 305 g/mol. The van der Waals surface area contributed by atoms with Crippen LogP contribution in [0.25, 0.3) is 11.4 Å². The van der Waals surface area contributed by atoms with E-state index in [9.17, 15) is 4.79 Å². The molecule has 1 aliphatic carbocycles. The van der Waals surface area contributed by atoms with Crippen molar-refractivity contribution in [3.63, 3.8) is 0 Å². The van der Waals surface area contributed by atoms with Crippen molar-refractivity contribution < 1.29 is 9.53 Å². The quantitative estimate of drug-likeness (QED) is 0.830. The zero-order valence-corrected chi connectivity index (χ0v) is 13.3. The fourth-order valence-electron chi connectivity index (χ4n) is 2.37. The zero-order valence-electron chi connectivity index (χ0n) is 12.4. The van der Waals surface area contributed by atoms with Gasteiger partial charge in [0, 0.05) is 17.1 Å². The largest absolute Gasteiger partial charge is 0.462 e. The van der Waals surface area contributed by atoms with Crippen LogP contribution < -0.4 is 5.32 Å². The Labute approximate surface area is 127 Å². The minimum absolute atomic E-state index is 0.276. The lowest BCUT2D eigenvalue weighted by Gasteiger charge is -2.02. The molecule has 0 aromatic carbocycles. The Morgan fingerprint density at radius 1 is 1.52 bits per heavy atom. The fourth-order valence-corrected chi connectivity index (χ4v) is 3.15. The van der Waals surface area contributed by atoms with Crippen LogP contribution in [-0.2, 0) is 4.74 Å². The maximum atomic E-state index is 12.0. The molecule has 2 aromatic heterocycles. The van der Waals surface area contributed by atoms with Crippen molar-refractivity contribution in [1.82, 2.24) is 9.97 Å². The molecule has 0 unspecified atom stereocenters.